The van der Waals surface area contributed by atoms with Gasteiger partial charge in [0.2, 0.25) is 0 Å². The summed E-state index contributed by atoms with van der Waals surface area (Å²) in [6, 6.07) is 14.2. The Morgan fingerprint density at radius 3 is 2.21 bits per heavy atom. The van der Waals surface area contributed by atoms with E-state index >= 15 is 0 Å². The van der Waals surface area contributed by atoms with E-state index in [4.69, 9.17) is 0 Å². The highest BCUT2D eigenvalue weighted by atomic mass is 35.5. The molecule has 5 heteroatoms. The Morgan fingerprint density at radius 1 is 0.828 bits per heavy atom. The van der Waals surface area contributed by atoms with Crippen molar-refractivity contribution < 1.29 is 4.39 Å². The molecular weight excluding hydrogens is 385 g/mol. The van der Waals surface area contributed by atoms with Crippen LogP contribution in [0.4, 0.5) is 4.39 Å². The van der Waals surface area contributed by atoms with Gasteiger partial charge in [-0.1, -0.05) is 24.3 Å². The zero-order chi connectivity index (χ0) is 18.9. The van der Waals surface area contributed by atoms with Crippen molar-refractivity contribution in [3.63, 3.8) is 0 Å². The van der Waals surface area contributed by atoms with Crippen molar-refractivity contribution in [2.24, 2.45) is 0 Å². The van der Waals surface area contributed by atoms with Crippen molar-refractivity contribution in [1.82, 2.24) is 14.8 Å². The molecule has 2 aliphatic rings. The summed E-state index contributed by atoms with van der Waals surface area (Å²) in [4.78, 5) is 8.55. The number of aryl methyl sites for hydroxylation is 1. The third-order valence-electron chi connectivity index (χ3n) is 6.27. The van der Waals surface area contributed by atoms with E-state index in [0.29, 0.717) is 0 Å². The molecule has 0 unspecified atom stereocenters. The SMILES string of the molecule is Cl.Fc1ccc2[nH]c3c(c2c1)CN(Cc1ccc(CN2CCCC2)cc1)CCC3. The summed E-state index contributed by atoms with van der Waals surface area (Å²) in [7, 11) is 0. The lowest BCUT2D eigenvalue weighted by Crippen LogP contribution is -2.23. The van der Waals surface area contributed by atoms with Crippen LogP contribution in [0.3, 0.4) is 0 Å². The molecule has 154 valence electrons. The van der Waals surface area contributed by atoms with E-state index in [1.807, 2.05) is 6.07 Å². The minimum atomic E-state index is -0.154. The molecule has 3 heterocycles. The first kappa shape index (κ1) is 20.4. The van der Waals surface area contributed by atoms with Gasteiger partial charge in [0, 0.05) is 36.2 Å². The second-order valence-corrected chi connectivity index (χ2v) is 8.39. The number of benzene rings is 2. The highest BCUT2D eigenvalue weighted by molar-refractivity contribution is 5.85. The second kappa shape index (κ2) is 8.86. The van der Waals surface area contributed by atoms with Gasteiger partial charge in [0.15, 0.2) is 0 Å². The molecule has 0 amide bonds. The summed E-state index contributed by atoms with van der Waals surface area (Å²) in [6.07, 6.45) is 4.85. The number of hydrogen-bond donors (Lipinski definition) is 1. The van der Waals surface area contributed by atoms with Crippen LogP contribution in [0.25, 0.3) is 10.9 Å². The van der Waals surface area contributed by atoms with Crippen molar-refractivity contribution in [3.05, 3.63) is 70.7 Å². The molecule has 2 aromatic carbocycles. The van der Waals surface area contributed by atoms with E-state index in [2.05, 4.69) is 39.0 Å². The first-order chi connectivity index (χ1) is 13.7. The summed E-state index contributed by atoms with van der Waals surface area (Å²) in [6.45, 7) is 6.47. The molecule has 5 rings (SSSR count). The van der Waals surface area contributed by atoms with Gasteiger partial charge in [-0.2, -0.15) is 0 Å². The number of H-pyrrole nitrogens is 1. The molecule has 0 spiro atoms. The topological polar surface area (TPSA) is 22.3 Å². The third-order valence-corrected chi connectivity index (χ3v) is 6.27. The first-order valence-corrected chi connectivity index (χ1v) is 10.6. The Hall–Kier alpha value is -1.88. The number of fused-ring (bicyclic) bond motifs is 3. The lowest BCUT2D eigenvalue weighted by atomic mass is 10.1. The Kier molecular flexibility index (Phi) is 6.23. The van der Waals surface area contributed by atoms with Gasteiger partial charge in [-0.15, -0.1) is 12.4 Å². The highest BCUT2D eigenvalue weighted by Crippen LogP contribution is 2.28. The molecule has 3 nitrogen and oxygen atoms in total. The quantitative estimate of drug-likeness (QED) is 0.629. The van der Waals surface area contributed by atoms with Gasteiger partial charge >= 0.3 is 0 Å². The van der Waals surface area contributed by atoms with Gasteiger partial charge in [0.1, 0.15) is 5.82 Å². The molecule has 1 N–H and O–H groups in total. The number of aromatic amines is 1. The van der Waals surface area contributed by atoms with Crippen LogP contribution in [0, 0.1) is 5.82 Å². The highest BCUT2D eigenvalue weighted by Gasteiger charge is 2.19. The predicted octanol–water partition coefficient (Wildman–Crippen LogP) is 5.27. The second-order valence-electron chi connectivity index (χ2n) is 8.39. The molecule has 1 saturated heterocycles. The van der Waals surface area contributed by atoms with E-state index in [0.717, 1.165) is 49.9 Å². The van der Waals surface area contributed by atoms with E-state index < -0.39 is 0 Å². The molecule has 1 fully saturated rings. The molecule has 0 bridgehead atoms. The van der Waals surface area contributed by atoms with Crippen molar-refractivity contribution in [2.45, 2.75) is 45.3 Å². The molecule has 0 radical (unpaired) electrons. The standard InChI is InChI=1S/C24H28FN3.ClH/c25-20-9-10-24-21(14-20)22-17-28(13-3-4-23(22)26-24)16-19-7-5-18(6-8-19)15-27-11-1-2-12-27;/h5-10,14,26H,1-4,11-13,15-17H2;1H. The minimum absolute atomic E-state index is 0. The molecule has 3 aromatic rings. The summed E-state index contributed by atoms with van der Waals surface area (Å²) in [5, 5.41) is 1.04. The van der Waals surface area contributed by atoms with Crippen LogP contribution in [0.2, 0.25) is 0 Å². The largest absolute Gasteiger partial charge is 0.358 e. The third kappa shape index (κ3) is 4.50. The summed E-state index contributed by atoms with van der Waals surface area (Å²) < 4.78 is 13.8. The minimum Gasteiger partial charge on any atom is -0.358 e. The van der Waals surface area contributed by atoms with Crippen LogP contribution in [-0.4, -0.2) is 34.4 Å². The molecule has 0 aliphatic carbocycles. The van der Waals surface area contributed by atoms with E-state index in [1.165, 1.54) is 48.3 Å². The van der Waals surface area contributed by atoms with E-state index in [9.17, 15) is 4.39 Å². The van der Waals surface area contributed by atoms with Crippen LogP contribution in [-0.2, 0) is 26.1 Å². The zero-order valence-electron chi connectivity index (χ0n) is 16.8. The lowest BCUT2D eigenvalue weighted by molar-refractivity contribution is 0.262. The summed E-state index contributed by atoms with van der Waals surface area (Å²) in [5.41, 5.74) is 6.39. The van der Waals surface area contributed by atoms with Crippen LogP contribution in [0.1, 0.15) is 41.6 Å². The van der Waals surface area contributed by atoms with Gasteiger partial charge in [-0.25, -0.2) is 4.39 Å². The smallest absolute Gasteiger partial charge is 0.123 e. The van der Waals surface area contributed by atoms with Crippen molar-refractivity contribution in [2.75, 3.05) is 19.6 Å². The number of nitrogens with one attached hydrogen (secondary N) is 1. The maximum Gasteiger partial charge on any atom is 0.123 e. The van der Waals surface area contributed by atoms with Crippen LogP contribution in [0.15, 0.2) is 42.5 Å². The number of nitrogens with zero attached hydrogens (tertiary/aromatic N) is 2. The van der Waals surface area contributed by atoms with E-state index in [1.54, 1.807) is 12.1 Å². The fourth-order valence-corrected chi connectivity index (χ4v) is 4.79. The summed E-state index contributed by atoms with van der Waals surface area (Å²) >= 11 is 0. The lowest BCUT2D eigenvalue weighted by Gasteiger charge is -2.21. The normalized spacial score (nSPS) is 17.8. The van der Waals surface area contributed by atoms with Crippen molar-refractivity contribution in [3.8, 4) is 0 Å². The number of halogens is 2. The Labute approximate surface area is 178 Å². The van der Waals surface area contributed by atoms with Gasteiger partial charge < -0.3 is 4.98 Å². The predicted molar refractivity (Wildman–Crippen MR) is 119 cm³/mol. The maximum absolute atomic E-state index is 13.8. The maximum atomic E-state index is 13.8. The monoisotopic (exact) mass is 413 g/mol. The Bertz CT molecular complexity index is 960. The fourth-order valence-electron chi connectivity index (χ4n) is 4.79. The van der Waals surface area contributed by atoms with Crippen molar-refractivity contribution >= 4 is 23.3 Å². The number of aromatic nitrogens is 1. The number of hydrogen-bond acceptors (Lipinski definition) is 2. The fraction of sp³-hybridized carbons (Fsp3) is 0.417. The molecule has 0 saturated carbocycles. The molecular formula is C24H29ClFN3. The molecule has 2 aliphatic heterocycles. The molecule has 0 atom stereocenters. The number of likely N-dealkylation sites (tertiary alicyclic amines) is 1. The van der Waals surface area contributed by atoms with Crippen molar-refractivity contribution in [1.29, 1.82) is 0 Å². The Morgan fingerprint density at radius 2 is 1.48 bits per heavy atom. The average molecular weight is 414 g/mol. The summed E-state index contributed by atoms with van der Waals surface area (Å²) in [5.74, 6) is -0.154. The van der Waals surface area contributed by atoms with E-state index in [-0.39, 0.29) is 18.2 Å². The number of rotatable bonds is 4. The Balaban J connectivity index is 0.00000205. The van der Waals surface area contributed by atoms with Crippen LogP contribution < -0.4 is 0 Å². The molecule has 1 aromatic heterocycles. The van der Waals surface area contributed by atoms with Gasteiger partial charge in [-0.05, 0) is 80.2 Å². The van der Waals surface area contributed by atoms with Gasteiger partial charge in [0.05, 0.1) is 0 Å². The zero-order valence-corrected chi connectivity index (χ0v) is 17.6. The average Bonchev–Trinajstić information content (AvgIpc) is 3.27. The van der Waals surface area contributed by atoms with Gasteiger partial charge in [0.25, 0.3) is 0 Å². The van der Waals surface area contributed by atoms with Crippen LogP contribution in [0.5, 0.6) is 0 Å². The van der Waals surface area contributed by atoms with Crippen LogP contribution >= 0.6 is 12.4 Å². The molecule has 29 heavy (non-hydrogen) atoms. The van der Waals surface area contributed by atoms with Gasteiger partial charge in [-0.3, -0.25) is 9.80 Å². The first-order valence-electron chi connectivity index (χ1n) is 10.6.